The molecule has 36 heavy (non-hydrogen) atoms. The number of amides is 2. The molecule has 190 valence electrons. The van der Waals surface area contributed by atoms with Crippen molar-refractivity contribution >= 4 is 50.7 Å². The Morgan fingerprint density at radius 3 is 2.25 bits per heavy atom. The molecule has 0 radical (unpaired) electrons. The third-order valence-corrected chi connectivity index (χ3v) is 7.07. The van der Waals surface area contributed by atoms with E-state index in [2.05, 4.69) is 11.3 Å². The van der Waals surface area contributed by atoms with E-state index in [1.807, 2.05) is 0 Å². The number of benzene rings is 2. The number of carbonyl (C=O) groups excluding carboxylic acids is 2. The lowest BCUT2D eigenvalue weighted by Gasteiger charge is -2.16. The normalized spacial score (nSPS) is 14.7. The van der Waals surface area contributed by atoms with Gasteiger partial charge in [-0.05, 0) is 43.3 Å². The zero-order valence-corrected chi connectivity index (χ0v) is 20.9. The second kappa shape index (κ2) is 10.00. The van der Waals surface area contributed by atoms with Crippen LogP contribution in [0.25, 0.3) is 0 Å². The highest BCUT2D eigenvalue weighted by Crippen LogP contribution is 2.39. The van der Waals surface area contributed by atoms with E-state index in [4.69, 9.17) is 27.9 Å². The number of hydrogen-bond acceptors (Lipinski definition) is 5. The van der Waals surface area contributed by atoms with Crippen LogP contribution in [0.5, 0.6) is 0 Å². The fourth-order valence-electron chi connectivity index (χ4n) is 3.36. The number of ether oxygens (including phenoxy) is 1. The molecule has 13 heteroatoms. The first-order valence-corrected chi connectivity index (χ1v) is 12.2. The molecule has 0 aromatic heterocycles. The number of nitrogens with zero attached hydrogens (tertiary/aromatic N) is 1. The molecule has 1 N–H and O–H groups in total. The van der Waals surface area contributed by atoms with Gasteiger partial charge in [0.05, 0.1) is 50.1 Å². The Labute approximate surface area is 214 Å². The van der Waals surface area contributed by atoms with Gasteiger partial charge in [-0.1, -0.05) is 35.9 Å². The van der Waals surface area contributed by atoms with E-state index in [1.165, 1.54) is 31.4 Å². The van der Waals surface area contributed by atoms with Crippen LogP contribution in [-0.4, -0.2) is 32.2 Å². The van der Waals surface area contributed by atoms with Crippen LogP contribution in [0.3, 0.4) is 0 Å². The molecule has 3 rings (SSSR count). The number of hydrogen-bond donors (Lipinski definition) is 1. The molecule has 0 bridgehead atoms. The van der Waals surface area contributed by atoms with E-state index in [1.54, 1.807) is 6.92 Å². The molecule has 0 saturated carbocycles. The van der Waals surface area contributed by atoms with Crippen molar-refractivity contribution in [1.29, 1.82) is 0 Å². The number of fused-ring (bicyclic) bond motifs is 1. The summed E-state index contributed by atoms with van der Waals surface area (Å²) in [4.78, 5) is 26.4. The molecule has 0 spiro atoms. The lowest BCUT2D eigenvalue weighted by Crippen LogP contribution is -2.28. The van der Waals surface area contributed by atoms with E-state index < -0.39 is 43.5 Å². The highest BCUT2D eigenvalue weighted by Gasteiger charge is 2.42. The summed E-state index contributed by atoms with van der Waals surface area (Å²) < 4.78 is 72.8. The van der Waals surface area contributed by atoms with E-state index >= 15 is 0 Å². The van der Waals surface area contributed by atoms with E-state index in [-0.39, 0.29) is 33.3 Å². The van der Waals surface area contributed by atoms with Crippen molar-refractivity contribution in [2.75, 3.05) is 11.8 Å². The number of alkyl halides is 3. The molecule has 2 aromatic rings. The fraction of sp³-hybridized carbons (Fsp3) is 0.130. The summed E-state index contributed by atoms with van der Waals surface area (Å²) in [6.07, 6.45) is -0.765. The molecule has 0 fully saturated rings. The molecule has 0 atom stereocenters. The third-order valence-electron chi connectivity index (χ3n) is 5.07. The third kappa shape index (κ3) is 4.99. The molecule has 1 aliphatic rings. The molecule has 0 aliphatic carbocycles. The second-order valence-corrected chi connectivity index (χ2v) is 9.70. The van der Waals surface area contributed by atoms with Crippen LogP contribution in [0.1, 0.15) is 33.2 Å². The summed E-state index contributed by atoms with van der Waals surface area (Å²) >= 11 is 11.7. The van der Waals surface area contributed by atoms with Gasteiger partial charge in [-0.15, -0.1) is 0 Å². The van der Waals surface area contributed by atoms with Gasteiger partial charge in [0.2, 0.25) is 0 Å². The maximum atomic E-state index is 13.3. The Morgan fingerprint density at radius 1 is 1.08 bits per heavy atom. The van der Waals surface area contributed by atoms with Gasteiger partial charge >= 0.3 is 6.18 Å². The van der Waals surface area contributed by atoms with E-state index in [0.717, 1.165) is 23.1 Å². The minimum Gasteiger partial charge on any atom is -0.497 e. The first kappa shape index (κ1) is 27.3. The maximum absolute atomic E-state index is 13.3. The quantitative estimate of drug-likeness (QED) is 0.253. The predicted octanol–water partition coefficient (Wildman–Crippen LogP) is 6.03. The van der Waals surface area contributed by atoms with Gasteiger partial charge in [-0.2, -0.15) is 13.2 Å². The number of allylic oxidation sites excluding steroid dienone is 3. The van der Waals surface area contributed by atoms with Gasteiger partial charge in [0.15, 0.2) is 0 Å². The molecular weight excluding hydrogens is 544 g/mol. The summed E-state index contributed by atoms with van der Waals surface area (Å²) in [6, 6.07) is 4.35. The highest BCUT2D eigenvalue weighted by molar-refractivity contribution is 7.92. The van der Waals surface area contributed by atoms with Crippen LogP contribution in [0, 0.1) is 0 Å². The van der Waals surface area contributed by atoms with Gasteiger partial charge in [0.1, 0.15) is 5.76 Å². The Bertz CT molecular complexity index is 1450. The number of methoxy groups -OCH3 is 1. The fourth-order valence-corrected chi connectivity index (χ4v) is 4.92. The summed E-state index contributed by atoms with van der Waals surface area (Å²) in [5.74, 6) is -1.52. The monoisotopic (exact) mass is 560 g/mol. The van der Waals surface area contributed by atoms with Crippen molar-refractivity contribution in [3.05, 3.63) is 93.3 Å². The predicted molar refractivity (Wildman–Crippen MR) is 128 cm³/mol. The molecular formula is C23H17Cl2F3N2O5S. The van der Waals surface area contributed by atoms with Crippen molar-refractivity contribution in [3.8, 4) is 0 Å². The van der Waals surface area contributed by atoms with Gasteiger partial charge < -0.3 is 4.74 Å². The molecule has 0 unspecified atom stereocenters. The zero-order chi connectivity index (χ0) is 27.0. The van der Waals surface area contributed by atoms with Crippen molar-refractivity contribution in [1.82, 2.24) is 4.90 Å². The number of anilines is 1. The van der Waals surface area contributed by atoms with E-state index in [0.29, 0.717) is 6.07 Å². The van der Waals surface area contributed by atoms with Crippen molar-refractivity contribution in [2.45, 2.75) is 18.0 Å². The Kier molecular flexibility index (Phi) is 7.58. The van der Waals surface area contributed by atoms with Crippen LogP contribution >= 0.6 is 23.2 Å². The number of imide groups is 1. The first-order valence-electron chi connectivity index (χ1n) is 9.92. The van der Waals surface area contributed by atoms with Crippen molar-refractivity contribution in [2.24, 2.45) is 0 Å². The average molecular weight is 561 g/mol. The molecule has 2 aromatic carbocycles. The van der Waals surface area contributed by atoms with Crippen LogP contribution in [0.2, 0.25) is 10.0 Å². The second-order valence-electron chi connectivity index (χ2n) is 7.20. The topological polar surface area (TPSA) is 92.8 Å². The summed E-state index contributed by atoms with van der Waals surface area (Å²) in [5, 5.41) is -0.818. The van der Waals surface area contributed by atoms with Gasteiger partial charge in [0, 0.05) is 6.08 Å². The van der Waals surface area contributed by atoms with Crippen molar-refractivity contribution < 1.29 is 35.9 Å². The molecule has 1 aliphatic heterocycles. The van der Waals surface area contributed by atoms with Crippen LogP contribution < -0.4 is 4.72 Å². The Balaban J connectivity index is 2.10. The van der Waals surface area contributed by atoms with Crippen LogP contribution in [0.4, 0.5) is 18.9 Å². The standard InChI is InChI=1S/C23H17Cl2F3N2O5S/c1-4-12(10-13(5-2)35-3)30-21(31)19-17(25)8-9-18(20(19)22(30)32)29-36(33,34)14-6-7-16(24)15(11-14)23(26,27)28/h4-11,29H,2H2,1,3H3/b12-4+,13-10+. The highest BCUT2D eigenvalue weighted by atomic mass is 35.5. The number of halogens is 5. The maximum Gasteiger partial charge on any atom is 0.417 e. The van der Waals surface area contributed by atoms with Gasteiger partial charge in [-0.3, -0.25) is 14.3 Å². The number of nitrogens with one attached hydrogen (secondary N) is 1. The largest absolute Gasteiger partial charge is 0.497 e. The zero-order valence-electron chi connectivity index (χ0n) is 18.6. The van der Waals surface area contributed by atoms with Crippen molar-refractivity contribution in [3.63, 3.8) is 0 Å². The minimum absolute atomic E-state index is 0.0929. The SMILES string of the molecule is C=C/C(=C\C(=C/C)N1C(=O)c2c(Cl)ccc(NS(=O)(=O)c3ccc(Cl)c(C(F)(F)F)c3)c2C1=O)OC. The minimum atomic E-state index is -4.91. The summed E-state index contributed by atoms with van der Waals surface area (Å²) in [5.41, 5.74) is -2.26. The first-order chi connectivity index (χ1) is 16.8. The number of sulfonamides is 1. The molecule has 1 heterocycles. The summed E-state index contributed by atoms with van der Waals surface area (Å²) in [6.45, 7) is 5.11. The summed E-state index contributed by atoms with van der Waals surface area (Å²) in [7, 11) is -3.30. The molecule has 2 amide bonds. The van der Waals surface area contributed by atoms with Gasteiger partial charge in [0.25, 0.3) is 21.8 Å². The molecule has 7 nitrogen and oxygen atoms in total. The molecule has 0 saturated heterocycles. The average Bonchev–Trinajstić information content (AvgIpc) is 3.07. The van der Waals surface area contributed by atoms with Crippen LogP contribution in [0.15, 0.2) is 71.5 Å². The Hall–Kier alpha value is -3.28. The lowest BCUT2D eigenvalue weighted by molar-refractivity contribution is -0.137. The van der Waals surface area contributed by atoms with E-state index in [9.17, 15) is 31.2 Å². The number of rotatable bonds is 7. The smallest absolute Gasteiger partial charge is 0.417 e. The number of carbonyl (C=O) groups is 2. The van der Waals surface area contributed by atoms with Gasteiger partial charge in [-0.25, -0.2) is 13.3 Å². The lowest BCUT2D eigenvalue weighted by atomic mass is 10.1. The Morgan fingerprint density at radius 2 is 1.69 bits per heavy atom. The van der Waals surface area contributed by atoms with Crippen LogP contribution in [-0.2, 0) is 20.9 Å².